The highest BCUT2D eigenvalue weighted by atomic mass is 14.9. The van der Waals surface area contributed by atoms with E-state index >= 15 is 0 Å². The summed E-state index contributed by atoms with van der Waals surface area (Å²) in [6.07, 6.45) is 1.77. The summed E-state index contributed by atoms with van der Waals surface area (Å²) >= 11 is 0. The fraction of sp³-hybridized carbons (Fsp3) is 0.750. The van der Waals surface area contributed by atoms with Crippen LogP contribution in [0.25, 0.3) is 0 Å². The molecule has 0 unspecified atom stereocenters. The molecule has 10 heavy (non-hydrogen) atoms. The minimum atomic E-state index is 0.0707. The van der Waals surface area contributed by atoms with Crippen LogP contribution in [-0.4, -0.2) is 19.1 Å². The largest absolute Gasteiger partial charge is 0.273 e. The van der Waals surface area contributed by atoms with Crippen molar-refractivity contribution in [2.75, 3.05) is 7.05 Å². The quantitative estimate of drug-likeness (QED) is 0.364. The van der Waals surface area contributed by atoms with Crippen molar-refractivity contribution in [1.82, 2.24) is 0 Å². The van der Waals surface area contributed by atoms with Crippen molar-refractivity contribution in [3.05, 3.63) is 0 Å². The second-order valence-corrected chi connectivity index (χ2v) is 3.18. The van der Waals surface area contributed by atoms with Crippen LogP contribution in [0.5, 0.6) is 0 Å². The van der Waals surface area contributed by atoms with E-state index in [4.69, 9.17) is 0 Å². The van der Waals surface area contributed by atoms with Crippen molar-refractivity contribution in [3.63, 3.8) is 0 Å². The number of rotatable bonds is 0. The zero-order valence-corrected chi connectivity index (χ0v) is 7.47. The molecule has 0 bridgehead atoms. The lowest BCUT2D eigenvalue weighted by Crippen LogP contribution is -2.17. The Kier molecular flexibility index (Phi) is 3.26. The molecule has 0 atom stereocenters. The van der Waals surface area contributed by atoms with E-state index in [1.165, 1.54) is 0 Å². The molecule has 0 saturated heterocycles. The minimum Gasteiger partial charge on any atom is -0.273 e. The molecule has 0 amide bonds. The van der Waals surface area contributed by atoms with Gasteiger partial charge >= 0.3 is 0 Å². The van der Waals surface area contributed by atoms with Gasteiger partial charge in [-0.15, -0.1) is 0 Å². The molecule has 0 radical (unpaired) electrons. The van der Waals surface area contributed by atoms with E-state index in [1.54, 1.807) is 13.3 Å². The molecule has 2 heteroatoms. The van der Waals surface area contributed by atoms with Gasteiger partial charge in [-0.25, -0.2) is 4.99 Å². The predicted molar refractivity (Wildman–Crippen MR) is 47.0 cm³/mol. The molecule has 0 rings (SSSR count). The van der Waals surface area contributed by atoms with Crippen LogP contribution in [-0.2, 0) is 0 Å². The van der Waals surface area contributed by atoms with Crippen LogP contribution in [0.15, 0.2) is 9.98 Å². The third-order valence-corrected chi connectivity index (χ3v) is 1.13. The first-order valence-electron chi connectivity index (χ1n) is 3.48. The van der Waals surface area contributed by atoms with Crippen molar-refractivity contribution in [2.24, 2.45) is 15.4 Å². The molecule has 0 N–H and O–H groups in total. The lowest BCUT2D eigenvalue weighted by molar-refractivity contribution is 0.584. The van der Waals surface area contributed by atoms with E-state index in [0.717, 1.165) is 5.84 Å². The van der Waals surface area contributed by atoms with Crippen LogP contribution in [0.3, 0.4) is 0 Å². The molecule has 0 spiro atoms. The summed E-state index contributed by atoms with van der Waals surface area (Å²) in [4.78, 5) is 8.21. The molecule has 0 aromatic heterocycles. The Balaban J connectivity index is 4.39. The second-order valence-electron chi connectivity index (χ2n) is 3.18. The third-order valence-electron chi connectivity index (χ3n) is 1.13. The average Bonchev–Trinajstić information content (AvgIpc) is 1.80. The molecule has 0 aliphatic carbocycles. The highest BCUT2D eigenvalue weighted by molar-refractivity contribution is 5.92. The van der Waals surface area contributed by atoms with Gasteiger partial charge in [0.25, 0.3) is 0 Å². The Bertz CT molecular complexity index is 149. The van der Waals surface area contributed by atoms with Gasteiger partial charge in [-0.05, 0) is 6.92 Å². The topological polar surface area (TPSA) is 24.7 Å². The van der Waals surface area contributed by atoms with E-state index in [9.17, 15) is 0 Å². The summed E-state index contributed by atoms with van der Waals surface area (Å²) in [5.74, 6) is 0.898. The molecule has 0 aromatic rings. The zero-order chi connectivity index (χ0) is 8.20. The van der Waals surface area contributed by atoms with Gasteiger partial charge in [0.2, 0.25) is 0 Å². The highest BCUT2D eigenvalue weighted by Crippen LogP contribution is 2.16. The average molecular weight is 140 g/mol. The van der Waals surface area contributed by atoms with Crippen LogP contribution < -0.4 is 0 Å². The lowest BCUT2D eigenvalue weighted by atomic mass is 9.95. The molecule has 0 aromatic carbocycles. The Labute approximate surface area is 63.1 Å². The molecular weight excluding hydrogens is 124 g/mol. The van der Waals surface area contributed by atoms with Gasteiger partial charge in [-0.1, -0.05) is 20.8 Å². The van der Waals surface area contributed by atoms with Crippen molar-refractivity contribution < 1.29 is 0 Å². The molecule has 58 valence electrons. The third kappa shape index (κ3) is 2.76. The number of nitrogens with zero attached hydrogens (tertiary/aromatic N) is 2. The normalized spacial score (nSPS) is 14.7. The van der Waals surface area contributed by atoms with Crippen molar-refractivity contribution >= 4 is 12.1 Å². The van der Waals surface area contributed by atoms with Crippen LogP contribution in [0.2, 0.25) is 0 Å². The van der Waals surface area contributed by atoms with Crippen LogP contribution >= 0.6 is 0 Å². The standard InChI is InChI=1S/C8H16N2/c1-6-10-7(9-5)8(2,3)4/h6H,1-5H3/b9-7-,10-6-. The van der Waals surface area contributed by atoms with E-state index < -0.39 is 0 Å². The van der Waals surface area contributed by atoms with Crippen LogP contribution in [0.1, 0.15) is 27.7 Å². The first-order valence-corrected chi connectivity index (χ1v) is 3.48. The summed E-state index contributed by atoms with van der Waals surface area (Å²) in [6, 6.07) is 0. The number of hydrogen-bond donors (Lipinski definition) is 0. The molecule has 0 aliphatic heterocycles. The summed E-state index contributed by atoms with van der Waals surface area (Å²) in [5.41, 5.74) is 0.0707. The predicted octanol–water partition coefficient (Wildman–Crippen LogP) is 2.15. The molecule has 0 aliphatic rings. The van der Waals surface area contributed by atoms with E-state index in [2.05, 4.69) is 30.8 Å². The number of aliphatic imine (C=N–C) groups is 2. The first kappa shape index (κ1) is 9.34. The Hall–Kier alpha value is -0.660. The zero-order valence-electron chi connectivity index (χ0n) is 7.47. The minimum absolute atomic E-state index is 0.0707. The lowest BCUT2D eigenvalue weighted by Gasteiger charge is -2.16. The molecule has 0 saturated carbocycles. The van der Waals surface area contributed by atoms with Gasteiger partial charge in [0.1, 0.15) is 5.84 Å². The molecule has 0 heterocycles. The maximum atomic E-state index is 4.14. The second kappa shape index (κ2) is 3.49. The molecule has 0 fully saturated rings. The Morgan fingerprint density at radius 1 is 1.30 bits per heavy atom. The highest BCUT2D eigenvalue weighted by Gasteiger charge is 2.16. The van der Waals surface area contributed by atoms with E-state index in [1.807, 2.05) is 6.92 Å². The van der Waals surface area contributed by atoms with Crippen molar-refractivity contribution in [1.29, 1.82) is 0 Å². The summed E-state index contributed by atoms with van der Waals surface area (Å²) < 4.78 is 0. The van der Waals surface area contributed by atoms with Crippen LogP contribution in [0, 0.1) is 5.41 Å². The number of amidine groups is 1. The fourth-order valence-corrected chi connectivity index (χ4v) is 0.709. The number of hydrogen-bond acceptors (Lipinski definition) is 1. The maximum Gasteiger partial charge on any atom is 0.127 e. The fourth-order valence-electron chi connectivity index (χ4n) is 0.709. The Morgan fingerprint density at radius 3 is 1.90 bits per heavy atom. The maximum absolute atomic E-state index is 4.14. The van der Waals surface area contributed by atoms with Crippen LogP contribution in [0.4, 0.5) is 0 Å². The van der Waals surface area contributed by atoms with E-state index in [0.29, 0.717) is 0 Å². The van der Waals surface area contributed by atoms with Gasteiger partial charge in [0.15, 0.2) is 0 Å². The first-order chi connectivity index (χ1) is 4.52. The summed E-state index contributed by atoms with van der Waals surface area (Å²) in [6.45, 7) is 8.20. The van der Waals surface area contributed by atoms with Gasteiger partial charge < -0.3 is 0 Å². The summed E-state index contributed by atoms with van der Waals surface area (Å²) in [7, 11) is 1.77. The summed E-state index contributed by atoms with van der Waals surface area (Å²) in [5, 5.41) is 0. The van der Waals surface area contributed by atoms with Crippen molar-refractivity contribution in [3.8, 4) is 0 Å². The van der Waals surface area contributed by atoms with Crippen molar-refractivity contribution in [2.45, 2.75) is 27.7 Å². The Morgan fingerprint density at radius 2 is 1.80 bits per heavy atom. The SMILES string of the molecule is C/C=N\C(=N/C)C(C)(C)C. The van der Waals surface area contributed by atoms with Gasteiger partial charge in [0, 0.05) is 18.7 Å². The molecular formula is C8H16N2. The van der Waals surface area contributed by atoms with Gasteiger partial charge in [-0.2, -0.15) is 0 Å². The molecule has 2 nitrogen and oxygen atoms in total. The smallest absolute Gasteiger partial charge is 0.127 e. The monoisotopic (exact) mass is 140 g/mol. The van der Waals surface area contributed by atoms with Gasteiger partial charge in [0.05, 0.1) is 0 Å². The van der Waals surface area contributed by atoms with Gasteiger partial charge in [-0.3, -0.25) is 4.99 Å². The van der Waals surface area contributed by atoms with E-state index in [-0.39, 0.29) is 5.41 Å².